The minimum atomic E-state index is -0.377. The normalized spacial score (nSPS) is 26.9. The van der Waals surface area contributed by atoms with Gasteiger partial charge in [0.25, 0.3) is 5.91 Å². The Morgan fingerprint density at radius 3 is 2.97 bits per heavy atom. The van der Waals surface area contributed by atoms with Crippen LogP contribution in [-0.2, 0) is 6.54 Å². The zero-order valence-corrected chi connectivity index (χ0v) is 17.3. The lowest BCUT2D eigenvalue weighted by atomic mass is 9.75. The number of rotatable bonds is 0. The molecule has 9 heteroatoms. The first-order valence-corrected chi connectivity index (χ1v) is 10.4. The Hall–Kier alpha value is -3.36. The van der Waals surface area contributed by atoms with Gasteiger partial charge < -0.3 is 19.7 Å². The van der Waals surface area contributed by atoms with E-state index in [1.54, 1.807) is 16.8 Å². The number of benzene rings is 1. The molecule has 1 atom stereocenters. The molecule has 3 aromatic rings. The lowest BCUT2D eigenvalue weighted by Gasteiger charge is -2.45. The molecule has 5 heterocycles. The first-order chi connectivity index (χ1) is 14.9. The minimum Gasteiger partial charge on any atom is -0.490 e. The minimum absolute atomic E-state index is 0.00124. The van der Waals surface area contributed by atoms with Crippen LogP contribution in [0, 0.1) is 5.82 Å². The number of halogens is 1. The quantitative estimate of drug-likeness (QED) is 0.599. The fourth-order valence-corrected chi connectivity index (χ4v) is 4.72. The van der Waals surface area contributed by atoms with E-state index in [2.05, 4.69) is 15.3 Å². The summed E-state index contributed by atoms with van der Waals surface area (Å²) in [4.78, 5) is 19.9. The zero-order chi connectivity index (χ0) is 21.3. The second-order valence-electron chi connectivity index (χ2n) is 8.96. The largest absolute Gasteiger partial charge is 0.490 e. The molecular weight excluding hydrogens is 401 g/mol. The Morgan fingerprint density at radius 1 is 1.29 bits per heavy atom. The highest BCUT2D eigenvalue weighted by molar-refractivity contribution is 6.00. The van der Waals surface area contributed by atoms with E-state index in [4.69, 9.17) is 14.5 Å². The Kier molecular flexibility index (Phi) is 3.75. The number of amides is 1. The van der Waals surface area contributed by atoms with Crippen LogP contribution in [0.4, 0.5) is 10.2 Å². The van der Waals surface area contributed by atoms with Crippen molar-refractivity contribution in [3.63, 3.8) is 0 Å². The molecule has 3 aliphatic heterocycles. The van der Waals surface area contributed by atoms with Gasteiger partial charge in [-0.25, -0.2) is 13.9 Å². The molecule has 1 aromatic carbocycles. The summed E-state index contributed by atoms with van der Waals surface area (Å²) >= 11 is 0. The summed E-state index contributed by atoms with van der Waals surface area (Å²) in [5, 5.41) is 7.42. The van der Waals surface area contributed by atoms with Crippen LogP contribution >= 0.6 is 0 Å². The van der Waals surface area contributed by atoms with Gasteiger partial charge in [0.1, 0.15) is 29.8 Å². The standard InChI is InChI=1S/C22H22FN5O3/c1-12-11-30-18-10-28-19-16(8-24-28)21(29)26-22(2)6-15(7-22)31-17-4-3-14(23)5-13(17)9-27(12)20(18)25-19/h3-5,8,10,12,15H,6-7,9,11H2,1-2H3,(H,26,29)/t12-,15-,22+/m1/s1. The third-order valence-corrected chi connectivity index (χ3v) is 6.40. The van der Waals surface area contributed by atoms with Gasteiger partial charge in [0.15, 0.2) is 17.2 Å². The molecule has 2 aromatic heterocycles. The Labute approximate surface area is 178 Å². The molecule has 0 saturated heterocycles. The SMILES string of the molecule is C[C@@H]1COc2cn3ncc4c3nc2N1Cc1cc(F)ccc1O[C@H]1C[C@](C)(C1)NC4=O. The Bertz CT molecular complexity index is 1220. The summed E-state index contributed by atoms with van der Waals surface area (Å²) in [7, 11) is 0. The highest BCUT2D eigenvalue weighted by atomic mass is 19.1. The molecule has 8 nitrogen and oxygen atoms in total. The van der Waals surface area contributed by atoms with Crippen molar-refractivity contribution in [3.8, 4) is 11.5 Å². The number of carbonyl (C=O) groups excluding carboxylic acids is 1. The number of nitrogens with one attached hydrogen (secondary N) is 1. The fourth-order valence-electron chi connectivity index (χ4n) is 4.72. The molecule has 1 aliphatic carbocycles. The van der Waals surface area contributed by atoms with E-state index in [9.17, 15) is 9.18 Å². The van der Waals surface area contributed by atoms with E-state index in [0.29, 0.717) is 54.5 Å². The van der Waals surface area contributed by atoms with Crippen molar-refractivity contribution in [1.29, 1.82) is 0 Å². The summed E-state index contributed by atoms with van der Waals surface area (Å²) in [6.45, 7) is 4.90. The van der Waals surface area contributed by atoms with Gasteiger partial charge in [-0.05, 0) is 32.0 Å². The van der Waals surface area contributed by atoms with Crippen LogP contribution < -0.4 is 19.7 Å². The first kappa shape index (κ1) is 18.4. The summed E-state index contributed by atoms with van der Waals surface area (Å²) < 4.78 is 27.8. The molecule has 4 bridgehead atoms. The summed E-state index contributed by atoms with van der Waals surface area (Å²) in [5.74, 6) is 1.31. The lowest BCUT2D eigenvalue weighted by molar-refractivity contribution is 0.0286. The van der Waals surface area contributed by atoms with Crippen LogP contribution in [0.15, 0.2) is 30.6 Å². The Morgan fingerprint density at radius 2 is 2.13 bits per heavy atom. The highest BCUT2D eigenvalue weighted by Crippen LogP contribution is 2.39. The molecule has 1 saturated carbocycles. The van der Waals surface area contributed by atoms with Crippen molar-refractivity contribution in [2.45, 2.75) is 50.9 Å². The van der Waals surface area contributed by atoms with Crippen LogP contribution in [0.25, 0.3) is 5.65 Å². The third-order valence-electron chi connectivity index (χ3n) is 6.40. The van der Waals surface area contributed by atoms with Crippen molar-refractivity contribution in [2.24, 2.45) is 0 Å². The van der Waals surface area contributed by atoms with Gasteiger partial charge in [-0.2, -0.15) is 5.10 Å². The summed E-state index contributed by atoms with van der Waals surface area (Å²) in [6, 6.07) is 4.62. The predicted molar refractivity (Wildman–Crippen MR) is 110 cm³/mol. The van der Waals surface area contributed by atoms with E-state index in [1.807, 2.05) is 13.8 Å². The zero-order valence-electron chi connectivity index (χ0n) is 17.3. The maximum absolute atomic E-state index is 14.1. The number of carbonyl (C=O) groups is 1. The second kappa shape index (κ2) is 6.32. The number of fused-ring (bicyclic) bond motifs is 1. The maximum atomic E-state index is 14.1. The smallest absolute Gasteiger partial charge is 0.257 e. The fraction of sp³-hybridized carbons (Fsp3) is 0.409. The second-order valence-corrected chi connectivity index (χ2v) is 8.96. The number of hydrogen-bond donors (Lipinski definition) is 1. The van der Waals surface area contributed by atoms with Crippen molar-refractivity contribution >= 4 is 17.4 Å². The van der Waals surface area contributed by atoms with E-state index < -0.39 is 0 Å². The molecule has 1 amide bonds. The van der Waals surface area contributed by atoms with Crippen LogP contribution in [0.3, 0.4) is 0 Å². The number of aromatic nitrogens is 3. The molecule has 1 N–H and O–H groups in total. The number of ether oxygens (including phenoxy) is 2. The van der Waals surface area contributed by atoms with Crippen molar-refractivity contribution < 1.29 is 18.7 Å². The summed E-state index contributed by atoms with van der Waals surface area (Å²) in [5.41, 5.74) is 1.25. The average molecular weight is 423 g/mol. The van der Waals surface area contributed by atoms with Crippen LogP contribution in [-0.4, -0.2) is 44.8 Å². The monoisotopic (exact) mass is 423 g/mol. The van der Waals surface area contributed by atoms with Crippen LogP contribution in [0.5, 0.6) is 11.5 Å². The predicted octanol–water partition coefficient (Wildman–Crippen LogP) is 2.70. The van der Waals surface area contributed by atoms with Crippen molar-refractivity contribution in [3.05, 3.63) is 47.5 Å². The average Bonchev–Trinajstić information content (AvgIpc) is 3.12. The van der Waals surface area contributed by atoms with Gasteiger partial charge in [-0.15, -0.1) is 0 Å². The number of nitrogens with zero attached hydrogens (tertiary/aromatic N) is 4. The van der Waals surface area contributed by atoms with Crippen LogP contribution in [0.2, 0.25) is 0 Å². The lowest BCUT2D eigenvalue weighted by Crippen LogP contribution is -2.58. The van der Waals surface area contributed by atoms with Gasteiger partial charge >= 0.3 is 0 Å². The van der Waals surface area contributed by atoms with E-state index >= 15 is 0 Å². The van der Waals surface area contributed by atoms with Gasteiger partial charge in [0.05, 0.1) is 18.4 Å². The van der Waals surface area contributed by atoms with Crippen molar-refractivity contribution in [1.82, 2.24) is 19.9 Å². The summed E-state index contributed by atoms with van der Waals surface area (Å²) in [6.07, 6.45) is 4.57. The van der Waals surface area contributed by atoms with E-state index in [1.165, 1.54) is 18.3 Å². The van der Waals surface area contributed by atoms with E-state index in [-0.39, 0.29) is 29.4 Å². The first-order valence-electron chi connectivity index (χ1n) is 10.4. The molecule has 160 valence electrons. The van der Waals surface area contributed by atoms with Crippen LogP contribution in [0.1, 0.15) is 42.6 Å². The molecule has 0 unspecified atom stereocenters. The highest BCUT2D eigenvalue weighted by Gasteiger charge is 2.44. The number of hydrogen-bond acceptors (Lipinski definition) is 6. The Balaban J connectivity index is 1.54. The maximum Gasteiger partial charge on any atom is 0.257 e. The third kappa shape index (κ3) is 2.90. The molecule has 31 heavy (non-hydrogen) atoms. The van der Waals surface area contributed by atoms with Gasteiger partial charge in [-0.1, -0.05) is 0 Å². The van der Waals surface area contributed by atoms with Crippen molar-refractivity contribution in [2.75, 3.05) is 11.5 Å². The topological polar surface area (TPSA) is 81.0 Å². The van der Waals surface area contributed by atoms with Gasteiger partial charge in [0, 0.05) is 30.5 Å². The van der Waals surface area contributed by atoms with E-state index in [0.717, 1.165) is 5.56 Å². The molecule has 4 aliphatic rings. The molecule has 7 rings (SSSR count). The number of anilines is 1. The molecule has 0 radical (unpaired) electrons. The van der Waals surface area contributed by atoms with Gasteiger partial charge in [-0.3, -0.25) is 4.79 Å². The molecule has 1 fully saturated rings. The molecule has 0 spiro atoms. The van der Waals surface area contributed by atoms with Gasteiger partial charge in [0.2, 0.25) is 0 Å². The molecular formula is C22H22FN5O3.